The maximum absolute atomic E-state index is 14.4. The predicted molar refractivity (Wildman–Crippen MR) is 420 cm³/mol. The van der Waals surface area contributed by atoms with Crippen LogP contribution in [0, 0.1) is 12.8 Å². The van der Waals surface area contributed by atoms with Crippen LogP contribution in [0.15, 0.2) is 144 Å². The number of ketones is 2. The first-order valence-electron chi connectivity index (χ1n) is 39.3. The molecule has 1 aliphatic carbocycles. The van der Waals surface area contributed by atoms with Crippen molar-refractivity contribution < 1.29 is 118 Å². The van der Waals surface area contributed by atoms with Gasteiger partial charge in [0.2, 0.25) is 24.0 Å². The zero-order valence-electron chi connectivity index (χ0n) is 65.5. The number of para-hydroxylation sites is 1. The molecule has 30 nitrogen and oxygen atoms in total. The second kappa shape index (κ2) is 41.1. The van der Waals surface area contributed by atoms with Gasteiger partial charge >= 0.3 is 23.9 Å². The normalized spacial score (nSPS) is 23.7. The van der Waals surface area contributed by atoms with Gasteiger partial charge in [0.15, 0.2) is 24.1 Å². The number of allylic oxidation sites excluding steroid dienone is 7. The third-order valence-corrected chi connectivity index (χ3v) is 22.0. The number of carbonyl (C=O) groups excluding carboxylic acids is 6. The number of urea groups is 1. The van der Waals surface area contributed by atoms with Crippen molar-refractivity contribution in [1.29, 1.82) is 0 Å². The Morgan fingerprint density at radius 2 is 1.23 bits per heavy atom. The van der Waals surface area contributed by atoms with Crippen LogP contribution >= 0.6 is 0 Å². The molecule has 10 unspecified atom stereocenters. The van der Waals surface area contributed by atoms with Gasteiger partial charge in [0, 0.05) is 73.2 Å². The van der Waals surface area contributed by atoms with Gasteiger partial charge in [0.25, 0.3) is 5.91 Å². The van der Waals surface area contributed by atoms with E-state index in [1.54, 1.807) is 36.4 Å². The molecule has 0 aromatic heterocycles. The number of nitrogens with one attached hydrogen (secondary N) is 5. The molecular formula is C85H110N7O23+. The number of hydrogen-bond acceptors (Lipinski definition) is 21. The smallest absolute Gasteiger partial charge is 0.326 e. The van der Waals surface area contributed by atoms with Crippen molar-refractivity contribution >= 4 is 70.3 Å². The van der Waals surface area contributed by atoms with Gasteiger partial charge in [-0.15, -0.1) is 0 Å². The minimum Gasteiger partial charge on any atom is -0.481 e. The van der Waals surface area contributed by atoms with E-state index in [0.717, 1.165) is 46.2 Å². The molecule has 0 spiro atoms. The van der Waals surface area contributed by atoms with E-state index in [9.17, 15) is 94.2 Å². The number of benzene rings is 4. The van der Waals surface area contributed by atoms with Crippen LogP contribution in [0.1, 0.15) is 158 Å². The highest BCUT2D eigenvalue weighted by Gasteiger charge is 2.49. The highest BCUT2D eigenvalue weighted by Crippen LogP contribution is 2.49. The number of aryl methyl sites for hydroxylation is 1. The fourth-order valence-electron chi connectivity index (χ4n) is 15.5. The Balaban J connectivity index is 0.921. The Bertz CT molecular complexity index is 4290. The lowest BCUT2D eigenvalue weighted by Gasteiger charge is -2.40. The summed E-state index contributed by atoms with van der Waals surface area (Å²) in [6, 6.07) is 23.3. The average Bonchev–Trinajstić information content (AvgIpc) is 1.59. The maximum atomic E-state index is 14.4. The summed E-state index contributed by atoms with van der Waals surface area (Å²) >= 11 is 0. The van der Waals surface area contributed by atoms with E-state index in [-0.39, 0.29) is 82.7 Å². The summed E-state index contributed by atoms with van der Waals surface area (Å²) in [6.45, 7) is 8.07. The van der Waals surface area contributed by atoms with Gasteiger partial charge in [-0.1, -0.05) is 124 Å². The third-order valence-electron chi connectivity index (χ3n) is 22.0. The standard InChI is InChI=1S/C85H109N7O23/c1-49-28-37-62-58(41-49)85(4,5)67(92(62)46-70(99)90-73-77(105)75(103)65(48-94)115-82(73)111)39-32-53-22-17-21-52(31-38-66-84(2,3)57-24-15-16-25-61(57)91(66)45-69(98)89-72-76(104)74(102)64(47-93)114-81(72)110)78(53)113-56-34-29-51(30-35-56)42-54(79(106)107)44-63(96)60(43-50-19-11-10-12-20-50)87-68(97)26-14-9-7-6-8-13-23-55(95)33-36-59(80(108)109)88-83(112)86-40-18-27-71(100)101/h10-12,15-16,19-20,24-25,28-32,34-35,37-39,41,54,59-60,64-65,72-77,81-82,93-94,102-105,110-111H,6-9,13-14,17-18,21-23,26-27,33,36,40,42-48H2,1-5H3,(H7-,86,87,88,89,90,97,98,99,100,101,106,107,108,109,112)/p+1/t54-,59+,60+,64?,65?,72?,73?,74?,75?,76?,77?,81?,82?/m1/s1. The number of unbranched alkanes of at least 4 members (excludes halogenated alkanes) is 5. The second-order valence-electron chi connectivity index (χ2n) is 31.2. The molecule has 2 saturated heterocycles. The summed E-state index contributed by atoms with van der Waals surface area (Å²) in [7, 11) is 0. The second-order valence-corrected chi connectivity index (χ2v) is 31.2. The first-order chi connectivity index (χ1) is 54.8. The first kappa shape index (κ1) is 89.1. The van der Waals surface area contributed by atoms with E-state index in [1.165, 1.54) is 0 Å². The fourth-order valence-corrected chi connectivity index (χ4v) is 15.5. The number of hydrogen-bond donors (Lipinski definition) is 16. The number of carboxylic acids is 3. The Hall–Kier alpha value is -9.86. The minimum absolute atomic E-state index is 0.0393. The van der Waals surface area contributed by atoms with Gasteiger partial charge in [0.1, 0.15) is 78.6 Å². The summed E-state index contributed by atoms with van der Waals surface area (Å²) in [5.41, 5.74) is 6.88. The summed E-state index contributed by atoms with van der Waals surface area (Å²) in [6.07, 6.45) is 0.376. The van der Waals surface area contributed by atoms with Crippen molar-refractivity contribution in [1.82, 2.24) is 26.6 Å². The van der Waals surface area contributed by atoms with Gasteiger partial charge in [-0.25, -0.2) is 9.59 Å². The van der Waals surface area contributed by atoms with Gasteiger partial charge in [0.05, 0.1) is 30.6 Å². The van der Waals surface area contributed by atoms with Crippen molar-refractivity contribution in [2.45, 2.75) is 234 Å². The van der Waals surface area contributed by atoms with Crippen LogP contribution in [0.2, 0.25) is 0 Å². The average molecular weight is 1600 g/mol. The summed E-state index contributed by atoms with van der Waals surface area (Å²) in [4.78, 5) is 119. The Labute approximate surface area is 667 Å². The number of ether oxygens (including phenoxy) is 3. The Kier molecular flexibility index (Phi) is 31.9. The third kappa shape index (κ3) is 23.5. The van der Waals surface area contributed by atoms with Crippen LogP contribution in [0.4, 0.5) is 16.2 Å². The molecule has 4 aliphatic heterocycles. The largest absolute Gasteiger partial charge is 0.481 e. The number of nitrogens with zero attached hydrogens (tertiary/aromatic N) is 2. The minimum atomic E-state index is -1.76. The molecule has 16 N–H and O–H groups in total. The molecule has 0 radical (unpaired) electrons. The number of aliphatic hydroxyl groups is 8. The molecule has 9 rings (SSSR count). The van der Waals surface area contributed by atoms with E-state index in [2.05, 4.69) is 26.6 Å². The number of fused-ring (bicyclic) bond motifs is 2. The summed E-state index contributed by atoms with van der Waals surface area (Å²) in [5, 5.41) is 126. The van der Waals surface area contributed by atoms with Crippen molar-refractivity contribution in [2.24, 2.45) is 5.92 Å². The number of aliphatic hydroxyl groups excluding tert-OH is 8. The van der Waals surface area contributed by atoms with Crippen molar-refractivity contribution in [3.63, 3.8) is 0 Å². The van der Waals surface area contributed by atoms with E-state index < -0.39 is 151 Å². The number of amides is 5. The van der Waals surface area contributed by atoms with Crippen molar-refractivity contribution in [3.05, 3.63) is 172 Å². The lowest BCUT2D eigenvalue weighted by Crippen LogP contribution is -2.64. The monoisotopic (exact) mass is 1600 g/mol. The van der Waals surface area contributed by atoms with E-state index in [4.69, 9.17) is 19.3 Å². The van der Waals surface area contributed by atoms with Gasteiger partial charge in [-0.05, 0) is 137 Å². The Morgan fingerprint density at radius 1 is 0.609 bits per heavy atom. The number of anilines is 1. The van der Waals surface area contributed by atoms with E-state index >= 15 is 0 Å². The number of rotatable bonds is 40. The van der Waals surface area contributed by atoms with Gasteiger partial charge < -0.3 is 102 Å². The maximum Gasteiger partial charge on any atom is 0.326 e. The molecule has 4 aromatic carbocycles. The molecule has 622 valence electrons. The van der Waals surface area contributed by atoms with Crippen LogP contribution in [0.3, 0.4) is 0 Å². The molecule has 0 saturated carbocycles. The number of aliphatic carboxylic acids is 3. The highest BCUT2D eigenvalue weighted by molar-refractivity contribution is 6.04. The summed E-state index contributed by atoms with van der Waals surface area (Å²) in [5.74, 6) is -6.20. The fraction of sp³-hybridized carbons (Fsp3) is 0.506. The van der Waals surface area contributed by atoms with Gasteiger partial charge in [-0.3, -0.25) is 33.6 Å². The lowest BCUT2D eigenvalue weighted by molar-refractivity contribution is -0.425. The van der Waals surface area contributed by atoms with Crippen LogP contribution in [-0.4, -0.2) is 226 Å². The topological polar surface area (TPSA) is 470 Å². The molecule has 5 aliphatic rings. The SMILES string of the molecule is Cc1ccc2c(c1)C(C)(C)C(=CC=C1CCCC(C=CC3=[N+](CC(=O)NC4C(O)OC(CO)C(O)C4O)c4ccccc4C3(C)C)=C1Oc1ccc(C[C@H](CC(=O)[C@H](Cc3ccccc3)NC(=O)CCCCCCCCC(=O)CC[C@H](NC(=O)NCCCC(=O)O)C(=O)O)C(=O)O)cc1)N2CC(=O)NC1C(O)OC(CO)C(O)C1O. The number of carbonyl (C=O) groups is 9. The summed E-state index contributed by atoms with van der Waals surface area (Å²) < 4.78 is 19.5. The van der Waals surface area contributed by atoms with Gasteiger partial charge in [-0.2, -0.15) is 4.58 Å². The highest BCUT2D eigenvalue weighted by atomic mass is 16.6. The van der Waals surface area contributed by atoms with Crippen LogP contribution in [0.5, 0.6) is 5.75 Å². The molecule has 30 heteroatoms. The Morgan fingerprint density at radius 3 is 1.86 bits per heavy atom. The van der Waals surface area contributed by atoms with Crippen molar-refractivity contribution in [3.8, 4) is 5.75 Å². The van der Waals surface area contributed by atoms with E-state index in [1.807, 2.05) is 129 Å². The van der Waals surface area contributed by atoms with Crippen LogP contribution < -0.4 is 36.2 Å². The number of carboxylic acid groups (broad SMARTS) is 3. The molecular weight excluding hydrogens is 1490 g/mol. The van der Waals surface area contributed by atoms with Crippen LogP contribution in [-0.2, 0) is 71.5 Å². The predicted octanol–water partition coefficient (Wildman–Crippen LogP) is 4.90. The molecule has 13 atom stereocenters. The van der Waals surface area contributed by atoms with E-state index in [0.29, 0.717) is 84.8 Å². The molecule has 2 fully saturated rings. The van der Waals surface area contributed by atoms with Crippen LogP contribution in [0.25, 0.3) is 0 Å². The zero-order chi connectivity index (χ0) is 83.4. The molecule has 0 bridgehead atoms. The molecule has 4 heterocycles. The lowest BCUT2D eigenvalue weighted by atomic mass is 9.81. The number of Topliss-reactive ketones (excluding diaryl/α,β-unsaturated/α-hetero) is 2. The molecule has 4 aromatic rings. The first-order valence-corrected chi connectivity index (χ1v) is 39.3. The quantitative estimate of drug-likeness (QED) is 0.0208. The van der Waals surface area contributed by atoms with Crippen molar-refractivity contribution in [2.75, 3.05) is 37.7 Å². The molecule has 5 amide bonds. The zero-order valence-corrected chi connectivity index (χ0v) is 65.5. The molecule has 115 heavy (non-hydrogen) atoms.